The molecule has 1 heterocycles. The van der Waals surface area contributed by atoms with Gasteiger partial charge in [0.15, 0.2) is 5.17 Å². The van der Waals surface area contributed by atoms with Gasteiger partial charge in [-0.15, -0.1) is 0 Å². The third kappa shape index (κ3) is 4.11. The summed E-state index contributed by atoms with van der Waals surface area (Å²) in [7, 11) is 0. The van der Waals surface area contributed by atoms with Crippen LogP contribution in [0.1, 0.15) is 34.1 Å². The summed E-state index contributed by atoms with van der Waals surface area (Å²) in [5.41, 5.74) is -0.161. The summed E-state index contributed by atoms with van der Waals surface area (Å²) in [5, 5.41) is 9.19. The SMILES string of the molecule is CCN=C(NCC)SC1=NOC(C)(C)C1. The third-order valence-corrected chi connectivity index (χ3v) is 2.74. The molecule has 0 saturated carbocycles. The maximum absolute atomic E-state index is 5.29. The highest BCUT2D eigenvalue weighted by Gasteiger charge is 2.29. The molecular formula is C10H19N3OS. The zero-order chi connectivity index (χ0) is 11.3. The van der Waals surface area contributed by atoms with E-state index in [0.717, 1.165) is 29.7 Å². The Hall–Kier alpha value is -0.710. The molecule has 1 N–H and O–H groups in total. The molecular weight excluding hydrogens is 210 g/mol. The van der Waals surface area contributed by atoms with Crippen LogP contribution in [0.25, 0.3) is 0 Å². The summed E-state index contributed by atoms with van der Waals surface area (Å²) in [4.78, 5) is 9.65. The van der Waals surface area contributed by atoms with Gasteiger partial charge in [-0.25, -0.2) is 0 Å². The molecule has 0 radical (unpaired) electrons. The van der Waals surface area contributed by atoms with E-state index in [1.165, 1.54) is 0 Å². The summed E-state index contributed by atoms with van der Waals surface area (Å²) in [6, 6.07) is 0. The van der Waals surface area contributed by atoms with Gasteiger partial charge in [-0.05, 0) is 39.5 Å². The van der Waals surface area contributed by atoms with Crippen molar-refractivity contribution in [3.63, 3.8) is 0 Å². The topological polar surface area (TPSA) is 46.0 Å². The van der Waals surface area contributed by atoms with Crippen molar-refractivity contribution in [3.05, 3.63) is 0 Å². The van der Waals surface area contributed by atoms with E-state index in [1.54, 1.807) is 11.8 Å². The van der Waals surface area contributed by atoms with E-state index >= 15 is 0 Å². The summed E-state index contributed by atoms with van der Waals surface area (Å²) in [6.07, 6.45) is 0.853. The molecule has 5 heteroatoms. The molecule has 0 aliphatic carbocycles. The number of hydrogen-bond donors (Lipinski definition) is 1. The van der Waals surface area contributed by atoms with Crippen molar-refractivity contribution in [2.75, 3.05) is 13.1 Å². The van der Waals surface area contributed by atoms with Crippen LogP contribution in [0, 0.1) is 0 Å². The molecule has 1 aliphatic rings. The summed E-state index contributed by atoms with van der Waals surface area (Å²) >= 11 is 1.57. The van der Waals surface area contributed by atoms with Crippen LogP contribution in [0.15, 0.2) is 10.1 Å². The number of nitrogens with one attached hydrogen (secondary N) is 1. The second-order valence-corrected chi connectivity index (χ2v) is 4.99. The van der Waals surface area contributed by atoms with Gasteiger partial charge in [0, 0.05) is 19.5 Å². The van der Waals surface area contributed by atoms with Gasteiger partial charge in [0.25, 0.3) is 0 Å². The Morgan fingerprint density at radius 1 is 1.60 bits per heavy atom. The third-order valence-electron chi connectivity index (χ3n) is 1.82. The normalized spacial score (nSPS) is 19.7. The fourth-order valence-corrected chi connectivity index (χ4v) is 2.32. The van der Waals surface area contributed by atoms with Crippen LogP contribution in [0.5, 0.6) is 0 Å². The molecule has 0 atom stereocenters. The van der Waals surface area contributed by atoms with E-state index in [-0.39, 0.29) is 5.60 Å². The molecule has 0 aromatic heterocycles. The fourth-order valence-electron chi connectivity index (χ4n) is 1.19. The maximum Gasteiger partial charge on any atom is 0.162 e. The molecule has 4 nitrogen and oxygen atoms in total. The molecule has 1 rings (SSSR count). The number of thioether (sulfide) groups is 1. The molecule has 15 heavy (non-hydrogen) atoms. The van der Waals surface area contributed by atoms with E-state index in [0.29, 0.717) is 0 Å². The van der Waals surface area contributed by atoms with Crippen molar-refractivity contribution in [2.45, 2.75) is 39.7 Å². The molecule has 1 aliphatic heterocycles. The maximum atomic E-state index is 5.29. The van der Waals surface area contributed by atoms with Gasteiger partial charge in [-0.1, -0.05) is 5.16 Å². The van der Waals surface area contributed by atoms with Crippen LogP contribution < -0.4 is 5.32 Å². The van der Waals surface area contributed by atoms with Crippen molar-refractivity contribution in [2.24, 2.45) is 10.1 Å². The van der Waals surface area contributed by atoms with E-state index in [2.05, 4.69) is 22.4 Å². The average Bonchev–Trinajstić information content (AvgIpc) is 2.46. The number of oxime groups is 1. The zero-order valence-electron chi connectivity index (χ0n) is 9.83. The Kier molecular flexibility index (Phi) is 4.45. The number of aliphatic imine (C=N–C) groups is 1. The Morgan fingerprint density at radius 2 is 2.33 bits per heavy atom. The Bertz CT molecular complexity index is 274. The minimum atomic E-state index is -0.161. The van der Waals surface area contributed by atoms with Crippen LogP contribution >= 0.6 is 11.8 Å². The first kappa shape index (κ1) is 12.4. The van der Waals surface area contributed by atoms with Gasteiger partial charge in [-0.3, -0.25) is 4.99 Å². The van der Waals surface area contributed by atoms with Gasteiger partial charge in [0.1, 0.15) is 10.6 Å². The Balaban J connectivity index is 2.50. The highest BCUT2D eigenvalue weighted by molar-refractivity contribution is 8.26. The molecule has 0 bridgehead atoms. The lowest BCUT2D eigenvalue weighted by molar-refractivity contribution is 0.0123. The minimum absolute atomic E-state index is 0.161. The highest BCUT2D eigenvalue weighted by Crippen LogP contribution is 2.27. The van der Waals surface area contributed by atoms with Crippen molar-refractivity contribution < 1.29 is 4.84 Å². The molecule has 0 aromatic carbocycles. The van der Waals surface area contributed by atoms with Gasteiger partial charge in [-0.2, -0.15) is 0 Å². The first-order valence-electron chi connectivity index (χ1n) is 5.28. The Labute approximate surface area is 95.5 Å². The van der Waals surface area contributed by atoms with Crippen molar-refractivity contribution in [1.29, 1.82) is 0 Å². The number of rotatable bonds is 2. The average molecular weight is 229 g/mol. The monoisotopic (exact) mass is 229 g/mol. The lowest BCUT2D eigenvalue weighted by atomic mass is 10.1. The molecule has 0 fully saturated rings. The molecule has 0 amide bonds. The van der Waals surface area contributed by atoms with Gasteiger partial charge >= 0.3 is 0 Å². The highest BCUT2D eigenvalue weighted by atomic mass is 32.2. The first-order chi connectivity index (χ1) is 7.07. The first-order valence-corrected chi connectivity index (χ1v) is 6.10. The fraction of sp³-hybridized carbons (Fsp3) is 0.800. The number of hydrogen-bond acceptors (Lipinski definition) is 4. The van der Waals surface area contributed by atoms with E-state index in [1.807, 2.05) is 20.8 Å². The molecule has 0 unspecified atom stereocenters. The quantitative estimate of drug-likeness (QED) is 0.583. The second kappa shape index (κ2) is 5.39. The Morgan fingerprint density at radius 3 is 2.80 bits per heavy atom. The zero-order valence-corrected chi connectivity index (χ0v) is 10.6. The van der Waals surface area contributed by atoms with Crippen molar-refractivity contribution in [3.8, 4) is 0 Å². The number of nitrogens with zero attached hydrogens (tertiary/aromatic N) is 2. The van der Waals surface area contributed by atoms with Crippen molar-refractivity contribution in [1.82, 2.24) is 5.32 Å². The van der Waals surface area contributed by atoms with Crippen LogP contribution in [-0.2, 0) is 4.84 Å². The van der Waals surface area contributed by atoms with Crippen LogP contribution in [0.3, 0.4) is 0 Å². The van der Waals surface area contributed by atoms with E-state index in [4.69, 9.17) is 4.84 Å². The molecule has 86 valence electrons. The van der Waals surface area contributed by atoms with E-state index < -0.39 is 0 Å². The van der Waals surface area contributed by atoms with Gasteiger partial charge in [0.2, 0.25) is 0 Å². The lowest BCUT2D eigenvalue weighted by Crippen LogP contribution is -2.23. The van der Waals surface area contributed by atoms with Crippen LogP contribution in [0.4, 0.5) is 0 Å². The largest absolute Gasteiger partial charge is 0.389 e. The lowest BCUT2D eigenvalue weighted by Gasteiger charge is -2.13. The molecule has 0 aromatic rings. The summed E-state index contributed by atoms with van der Waals surface area (Å²) in [5.74, 6) is 0. The number of amidine groups is 1. The standard InChI is InChI=1S/C10H19N3OS/c1-5-11-9(12-6-2)15-8-7-10(3,4)14-13-8/h5-7H2,1-4H3,(H,11,12). The minimum Gasteiger partial charge on any atom is -0.389 e. The predicted molar refractivity (Wildman–Crippen MR) is 66.5 cm³/mol. The second-order valence-electron chi connectivity index (χ2n) is 3.92. The predicted octanol–water partition coefficient (Wildman–Crippen LogP) is 2.22. The van der Waals surface area contributed by atoms with Gasteiger partial charge in [0.05, 0.1) is 0 Å². The summed E-state index contributed by atoms with van der Waals surface area (Å²) < 4.78 is 0. The van der Waals surface area contributed by atoms with Crippen LogP contribution in [-0.4, -0.2) is 28.9 Å². The molecule has 0 saturated heterocycles. The van der Waals surface area contributed by atoms with Crippen molar-refractivity contribution >= 4 is 22.0 Å². The van der Waals surface area contributed by atoms with Crippen LogP contribution in [0.2, 0.25) is 0 Å². The summed E-state index contributed by atoms with van der Waals surface area (Å²) in [6.45, 7) is 9.82. The molecule has 0 spiro atoms. The van der Waals surface area contributed by atoms with Gasteiger partial charge < -0.3 is 10.2 Å². The smallest absolute Gasteiger partial charge is 0.162 e. The van der Waals surface area contributed by atoms with E-state index in [9.17, 15) is 0 Å².